The van der Waals surface area contributed by atoms with Gasteiger partial charge in [-0.15, -0.1) is 0 Å². The van der Waals surface area contributed by atoms with E-state index in [1.54, 1.807) is 7.11 Å². The van der Waals surface area contributed by atoms with E-state index in [9.17, 15) is 4.79 Å². The maximum absolute atomic E-state index is 13.2. The molecule has 0 saturated heterocycles. The van der Waals surface area contributed by atoms with E-state index in [4.69, 9.17) is 4.74 Å². The number of benzene rings is 2. The molecule has 0 spiro atoms. The van der Waals surface area contributed by atoms with E-state index < -0.39 is 0 Å². The molecule has 27 heavy (non-hydrogen) atoms. The number of methoxy groups -OCH3 is 1. The number of carbonyl (C=O) groups is 1. The van der Waals surface area contributed by atoms with Gasteiger partial charge in [-0.25, -0.2) is 0 Å². The van der Waals surface area contributed by atoms with Crippen LogP contribution in [-0.2, 0) is 11.2 Å². The Morgan fingerprint density at radius 3 is 2.56 bits per heavy atom. The first-order valence-corrected chi connectivity index (χ1v) is 10.0. The highest BCUT2D eigenvalue weighted by molar-refractivity contribution is 5.80. The third kappa shape index (κ3) is 3.72. The SMILES string of the molecule is COc1ccccc1C1c2ccccc2CCN1C(=O)CNC1CCCC1. The molecule has 1 N–H and O–H groups in total. The summed E-state index contributed by atoms with van der Waals surface area (Å²) in [6.07, 6.45) is 5.81. The quantitative estimate of drug-likeness (QED) is 0.880. The van der Waals surface area contributed by atoms with E-state index in [-0.39, 0.29) is 11.9 Å². The lowest BCUT2D eigenvalue weighted by atomic mass is 9.87. The van der Waals surface area contributed by atoms with Crippen molar-refractivity contribution in [3.63, 3.8) is 0 Å². The van der Waals surface area contributed by atoms with Gasteiger partial charge < -0.3 is 15.0 Å². The molecule has 1 unspecified atom stereocenters. The van der Waals surface area contributed by atoms with Gasteiger partial charge in [-0.3, -0.25) is 4.79 Å². The number of rotatable bonds is 5. The van der Waals surface area contributed by atoms with Crippen LogP contribution in [0.3, 0.4) is 0 Å². The van der Waals surface area contributed by atoms with Crippen LogP contribution in [0.1, 0.15) is 48.4 Å². The van der Waals surface area contributed by atoms with Crippen LogP contribution in [0.5, 0.6) is 5.75 Å². The van der Waals surface area contributed by atoms with Crippen molar-refractivity contribution in [3.8, 4) is 5.75 Å². The smallest absolute Gasteiger partial charge is 0.237 e. The van der Waals surface area contributed by atoms with Crippen LogP contribution in [0.15, 0.2) is 48.5 Å². The molecule has 0 radical (unpaired) electrons. The summed E-state index contributed by atoms with van der Waals surface area (Å²) in [6, 6.07) is 16.9. The zero-order valence-corrected chi connectivity index (χ0v) is 16.0. The highest BCUT2D eigenvalue weighted by Gasteiger charge is 2.33. The molecular weight excluding hydrogens is 336 g/mol. The van der Waals surface area contributed by atoms with Gasteiger partial charge in [0.15, 0.2) is 0 Å². The van der Waals surface area contributed by atoms with Gasteiger partial charge in [-0.05, 0) is 36.5 Å². The zero-order chi connectivity index (χ0) is 18.6. The number of hydrogen-bond donors (Lipinski definition) is 1. The Morgan fingerprint density at radius 1 is 1.07 bits per heavy atom. The number of para-hydroxylation sites is 1. The standard InChI is InChI=1S/C23H28N2O2/c1-27-21-13-7-6-12-20(21)23-19-11-5-2-8-17(19)14-15-25(23)22(26)16-24-18-9-3-4-10-18/h2,5-8,11-13,18,23-24H,3-4,9-10,14-16H2,1H3. The summed E-state index contributed by atoms with van der Waals surface area (Å²) in [5.41, 5.74) is 3.59. The number of fused-ring (bicyclic) bond motifs is 1. The molecule has 0 aromatic heterocycles. The first-order valence-electron chi connectivity index (χ1n) is 10.0. The summed E-state index contributed by atoms with van der Waals surface area (Å²) in [7, 11) is 1.70. The third-order valence-electron chi connectivity index (χ3n) is 5.93. The molecule has 4 rings (SSSR count). The van der Waals surface area contributed by atoms with Crippen molar-refractivity contribution in [1.82, 2.24) is 10.2 Å². The molecule has 142 valence electrons. The fourth-order valence-corrected chi connectivity index (χ4v) is 4.53. The Hall–Kier alpha value is -2.33. The van der Waals surface area contributed by atoms with Crippen molar-refractivity contribution in [2.24, 2.45) is 0 Å². The Bertz CT molecular complexity index is 798. The molecule has 0 bridgehead atoms. The van der Waals surface area contributed by atoms with E-state index in [0.717, 1.165) is 24.3 Å². The molecule has 4 heteroatoms. The van der Waals surface area contributed by atoms with Crippen LogP contribution < -0.4 is 10.1 Å². The summed E-state index contributed by atoms with van der Waals surface area (Å²) in [6.45, 7) is 1.16. The number of nitrogens with one attached hydrogen (secondary N) is 1. The minimum absolute atomic E-state index is 0.0935. The first-order chi connectivity index (χ1) is 13.3. The van der Waals surface area contributed by atoms with Crippen molar-refractivity contribution >= 4 is 5.91 Å². The van der Waals surface area contributed by atoms with E-state index in [1.165, 1.54) is 36.8 Å². The van der Waals surface area contributed by atoms with Gasteiger partial charge in [0, 0.05) is 18.2 Å². The third-order valence-corrected chi connectivity index (χ3v) is 5.93. The number of hydrogen-bond acceptors (Lipinski definition) is 3. The summed E-state index contributed by atoms with van der Waals surface area (Å²) < 4.78 is 5.63. The number of ether oxygens (including phenoxy) is 1. The first kappa shape index (κ1) is 18.1. The molecule has 1 fully saturated rings. The molecule has 1 heterocycles. The molecule has 1 aliphatic heterocycles. The molecule has 1 saturated carbocycles. The summed E-state index contributed by atoms with van der Waals surface area (Å²) in [5, 5.41) is 3.48. The van der Waals surface area contributed by atoms with Gasteiger partial charge in [-0.2, -0.15) is 0 Å². The maximum atomic E-state index is 13.2. The van der Waals surface area contributed by atoms with Crippen LogP contribution >= 0.6 is 0 Å². The molecule has 2 aromatic carbocycles. The Balaban J connectivity index is 1.64. The lowest BCUT2D eigenvalue weighted by Gasteiger charge is -2.38. The number of nitrogens with zero attached hydrogens (tertiary/aromatic N) is 1. The van der Waals surface area contributed by atoms with Gasteiger partial charge >= 0.3 is 0 Å². The minimum Gasteiger partial charge on any atom is -0.496 e. The van der Waals surface area contributed by atoms with Gasteiger partial charge in [0.1, 0.15) is 5.75 Å². The van der Waals surface area contributed by atoms with Crippen LogP contribution in [0.4, 0.5) is 0 Å². The van der Waals surface area contributed by atoms with Gasteiger partial charge in [0.25, 0.3) is 0 Å². The summed E-state index contributed by atoms with van der Waals surface area (Å²) >= 11 is 0. The average molecular weight is 364 g/mol. The fourth-order valence-electron chi connectivity index (χ4n) is 4.53. The summed E-state index contributed by atoms with van der Waals surface area (Å²) in [5.74, 6) is 1.01. The topological polar surface area (TPSA) is 41.6 Å². The van der Waals surface area contributed by atoms with Gasteiger partial charge in [-0.1, -0.05) is 55.3 Å². The largest absolute Gasteiger partial charge is 0.496 e. The predicted octanol–water partition coefficient (Wildman–Crippen LogP) is 3.70. The molecule has 1 atom stereocenters. The van der Waals surface area contributed by atoms with E-state index >= 15 is 0 Å². The van der Waals surface area contributed by atoms with Crippen molar-refractivity contribution in [2.45, 2.75) is 44.2 Å². The van der Waals surface area contributed by atoms with Crippen LogP contribution in [0.25, 0.3) is 0 Å². The lowest BCUT2D eigenvalue weighted by Crippen LogP contribution is -2.46. The van der Waals surface area contributed by atoms with E-state index in [0.29, 0.717) is 12.6 Å². The highest BCUT2D eigenvalue weighted by atomic mass is 16.5. The van der Waals surface area contributed by atoms with Crippen LogP contribution in [0.2, 0.25) is 0 Å². The maximum Gasteiger partial charge on any atom is 0.237 e. The van der Waals surface area contributed by atoms with Crippen molar-refractivity contribution < 1.29 is 9.53 Å². The monoisotopic (exact) mass is 364 g/mol. The second-order valence-corrected chi connectivity index (χ2v) is 7.54. The Kier molecular flexibility index (Phi) is 5.44. The minimum atomic E-state index is -0.0935. The van der Waals surface area contributed by atoms with E-state index in [2.05, 4.69) is 35.6 Å². The lowest BCUT2D eigenvalue weighted by molar-refractivity contribution is -0.132. The molecule has 1 amide bonds. The zero-order valence-electron chi connectivity index (χ0n) is 16.0. The highest BCUT2D eigenvalue weighted by Crippen LogP contribution is 2.39. The van der Waals surface area contributed by atoms with E-state index in [1.807, 2.05) is 23.1 Å². The number of carbonyl (C=O) groups excluding carboxylic acids is 1. The molecular formula is C23H28N2O2. The predicted molar refractivity (Wildman–Crippen MR) is 107 cm³/mol. The normalized spacial score (nSPS) is 19.7. The average Bonchev–Trinajstić information content (AvgIpc) is 3.25. The van der Waals surface area contributed by atoms with Crippen molar-refractivity contribution in [2.75, 3.05) is 20.2 Å². The molecule has 2 aliphatic rings. The van der Waals surface area contributed by atoms with Crippen molar-refractivity contribution in [3.05, 3.63) is 65.2 Å². The second kappa shape index (κ2) is 8.13. The Morgan fingerprint density at radius 2 is 1.78 bits per heavy atom. The Labute approximate surface area is 161 Å². The van der Waals surface area contributed by atoms with Gasteiger partial charge in [0.05, 0.1) is 19.7 Å². The number of amides is 1. The molecule has 1 aliphatic carbocycles. The van der Waals surface area contributed by atoms with Crippen LogP contribution in [0, 0.1) is 0 Å². The summed E-state index contributed by atoms with van der Waals surface area (Å²) in [4.78, 5) is 15.2. The molecule has 4 nitrogen and oxygen atoms in total. The van der Waals surface area contributed by atoms with Crippen LogP contribution in [-0.4, -0.2) is 37.0 Å². The fraction of sp³-hybridized carbons (Fsp3) is 0.435. The van der Waals surface area contributed by atoms with Gasteiger partial charge in [0.2, 0.25) is 5.91 Å². The van der Waals surface area contributed by atoms with Crippen molar-refractivity contribution in [1.29, 1.82) is 0 Å². The molecule has 2 aromatic rings. The second-order valence-electron chi connectivity index (χ2n) is 7.54.